The van der Waals surface area contributed by atoms with Crippen LogP contribution in [0.1, 0.15) is 26.5 Å². The van der Waals surface area contributed by atoms with Crippen LogP contribution in [0.3, 0.4) is 0 Å². The molecule has 0 unspecified atom stereocenters. The van der Waals surface area contributed by atoms with Gasteiger partial charge in [-0.3, -0.25) is 9.59 Å². The predicted octanol–water partition coefficient (Wildman–Crippen LogP) is 3.74. The van der Waals surface area contributed by atoms with Crippen molar-refractivity contribution in [1.82, 2.24) is 5.32 Å². The molecule has 2 amide bonds. The second-order valence-electron chi connectivity index (χ2n) is 5.44. The van der Waals surface area contributed by atoms with Gasteiger partial charge in [0.15, 0.2) is 5.76 Å². The fourth-order valence-electron chi connectivity index (χ4n) is 2.31. The molecule has 0 aliphatic rings. The van der Waals surface area contributed by atoms with E-state index in [4.69, 9.17) is 4.42 Å². The number of hydrogen-bond donors (Lipinski definition) is 2. The molecule has 1 heterocycles. The normalized spacial score (nSPS) is 10.4. The van der Waals surface area contributed by atoms with Gasteiger partial charge >= 0.3 is 0 Å². The Labute approximate surface area is 147 Å². The van der Waals surface area contributed by atoms with Crippen molar-refractivity contribution in [3.8, 4) is 0 Å². The molecule has 0 spiro atoms. The van der Waals surface area contributed by atoms with E-state index in [-0.39, 0.29) is 17.9 Å². The van der Waals surface area contributed by atoms with Crippen molar-refractivity contribution < 1.29 is 22.8 Å². The monoisotopic (exact) mass is 356 g/mol. The Bertz CT molecular complexity index is 940. The topological polar surface area (TPSA) is 71.3 Å². The Kier molecular flexibility index (Phi) is 5.07. The van der Waals surface area contributed by atoms with Crippen LogP contribution in [0.5, 0.6) is 0 Å². The van der Waals surface area contributed by atoms with E-state index in [2.05, 4.69) is 10.6 Å². The lowest BCUT2D eigenvalue weighted by atomic mass is 10.1. The number of carbonyl (C=O) groups excluding carboxylic acids is 2. The Balaban J connectivity index is 1.63. The Morgan fingerprint density at radius 2 is 1.81 bits per heavy atom. The fraction of sp³-hybridized carbons (Fsp3) is 0.0526. The van der Waals surface area contributed by atoms with Crippen molar-refractivity contribution in [2.24, 2.45) is 0 Å². The number of hydrogen-bond acceptors (Lipinski definition) is 3. The third-order valence-electron chi connectivity index (χ3n) is 3.56. The minimum Gasteiger partial charge on any atom is -0.459 e. The Morgan fingerprint density at radius 3 is 2.54 bits per heavy atom. The summed E-state index contributed by atoms with van der Waals surface area (Å²) in [5.74, 6) is -2.56. The maximum atomic E-state index is 13.6. The van der Waals surface area contributed by atoms with Gasteiger partial charge in [0, 0.05) is 18.3 Å². The average molecular weight is 356 g/mol. The molecule has 5 nitrogen and oxygen atoms in total. The van der Waals surface area contributed by atoms with Crippen molar-refractivity contribution in [2.45, 2.75) is 6.54 Å². The molecule has 0 saturated carbocycles. The van der Waals surface area contributed by atoms with Gasteiger partial charge in [0.1, 0.15) is 11.6 Å². The molecule has 0 bridgehead atoms. The van der Waals surface area contributed by atoms with Gasteiger partial charge < -0.3 is 15.1 Å². The maximum Gasteiger partial charge on any atom is 0.291 e. The lowest BCUT2D eigenvalue weighted by Crippen LogP contribution is -2.24. The first-order valence-corrected chi connectivity index (χ1v) is 7.70. The van der Waals surface area contributed by atoms with Crippen LogP contribution in [0.2, 0.25) is 0 Å². The molecule has 3 aromatic rings. The minimum atomic E-state index is -0.929. The third-order valence-corrected chi connectivity index (χ3v) is 3.56. The lowest BCUT2D eigenvalue weighted by molar-refractivity contribution is 0.0945. The van der Waals surface area contributed by atoms with Crippen LogP contribution in [-0.4, -0.2) is 11.8 Å². The third kappa shape index (κ3) is 4.13. The number of nitrogens with one attached hydrogen (secondary N) is 2. The van der Waals surface area contributed by atoms with Crippen LogP contribution < -0.4 is 10.6 Å². The summed E-state index contributed by atoms with van der Waals surface area (Å²) in [6, 6.07) is 12.7. The molecule has 0 atom stereocenters. The zero-order valence-corrected chi connectivity index (χ0v) is 13.5. The average Bonchev–Trinajstić information content (AvgIpc) is 3.15. The number of halogens is 2. The van der Waals surface area contributed by atoms with E-state index in [0.29, 0.717) is 17.3 Å². The molecule has 26 heavy (non-hydrogen) atoms. The van der Waals surface area contributed by atoms with E-state index in [1.165, 1.54) is 12.3 Å². The summed E-state index contributed by atoms with van der Waals surface area (Å²) in [6.45, 7) is 0.111. The van der Waals surface area contributed by atoms with Gasteiger partial charge in [-0.2, -0.15) is 0 Å². The van der Waals surface area contributed by atoms with E-state index in [9.17, 15) is 18.4 Å². The molecule has 2 aromatic carbocycles. The first-order valence-electron chi connectivity index (χ1n) is 7.70. The van der Waals surface area contributed by atoms with Crippen molar-refractivity contribution in [3.05, 3.63) is 89.4 Å². The molecular formula is C19H14F2N2O3. The number of amides is 2. The van der Waals surface area contributed by atoms with Gasteiger partial charge in [-0.25, -0.2) is 8.78 Å². The first kappa shape index (κ1) is 17.3. The molecule has 0 saturated heterocycles. The van der Waals surface area contributed by atoms with Gasteiger partial charge in [0.05, 0.1) is 11.8 Å². The predicted molar refractivity (Wildman–Crippen MR) is 90.6 cm³/mol. The number of anilines is 1. The summed E-state index contributed by atoms with van der Waals surface area (Å²) in [5.41, 5.74) is 0.970. The van der Waals surface area contributed by atoms with Crippen molar-refractivity contribution in [2.75, 3.05) is 5.32 Å². The molecule has 0 aliphatic heterocycles. The number of rotatable bonds is 5. The zero-order valence-electron chi connectivity index (χ0n) is 13.5. The van der Waals surface area contributed by atoms with Crippen LogP contribution in [0.25, 0.3) is 0 Å². The highest BCUT2D eigenvalue weighted by atomic mass is 19.1. The van der Waals surface area contributed by atoms with Gasteiger partial charge in [-0.15, -0.1) is 0 Å². The largest absolute Gasteiger partial charge is 0.459 e. The first-order chi connectivity index (χ1) is 12.5. The van der Waals surface area contributed by atoms with Gasteiger partial charge in [0.25, 0.3) is 11.8 Å². The van der Waals surface area contributed by atoms with Crippen LogP contribution >= 0.6 is 0 Å². The Hall–Kier alpha value is -3.48. The molecule has 0 aliphatic carbocycles. The molecule has 2 N–H and O–H groups in total. The van der Waals surface area contributed by atoms with Gasteiger partial charge in [-0.05, 0) is 42.0 Å². The maximum absolute atomic E-state index is 13.6. The SMILES string of the molecule is O=C(Nc1cccc(CNC(=O)c2ccc(F)cc2F)c1)c1ccco1. The molecule has 7 heteroatoms. The van der Waals surface area contributed by atoms with Gasteiger partial charge in [0.2, 0.25) is 0 Å². The molecule has 3 rings (SSSR count). The molecule has 0 radical (unpaired) electrons. The summed E-state index contributed by atoms with van der Waals surface area (Å²) < 4.78 is 31.5. The molecular weight excluding hydrogens is 342 g/mol. The van der Waals surface area contributed by atoms with Crippen LogP contribution in [0.15, 0.2) is 65.3 Å². The molecule has 0 fully saturated rings. The highest BCUT2D eigenvalue weighted by Gasteiger charge is 2.13. The number of furan rings is 1. The van der Waals surface area contributed by atoms with Crippen LogP contribution in [-0.2, 0) is 6.54 Å². The quantitative estimate of drug-likeness (QED) is 0.732. The van der Waals surface area contributed by atoms with Crippen molar-refractivity contribution >= 4 is 17.5 Å². The smallest absolute Gasteiger partial charge is 0.291 e. The summed E-state index contributed by atoms with van der Waals surface area (Å²) in [6.07, 6.45) is 1.40. The highest BCUT2D eigenvalue weighted by molar-refractivity contribution is 6.02. The number of benzene rings is 2. The highest BCUT2D eigenvalue weighted by Crippen LogP contribution is 2.14. The summed E-state index contributed by atoms with van der Waals surface area (Å²) >= 11 is 0. The van der Waals surface area contributed by atoms with E-state index < -0.39 is 23.4 Å². The molecule has 132 valence electrons. The zero-order chi connectivity index (χ0) is 18.5. The summed E-state index contributed by atoms with van der Waals surface area (Å²) in [4.78, 5) is 24.0. The van der Waals surface area contributed by atoms with Crippen molar-refractivity contribution in [1.29, 1.82) is 0 Å². The molecule has 1 aromatic heterocycles. The fourth-order valence-corrected chi connectivity index (χ4v) is 2.31. The second-order valence-corrected chi connectivity index (χ2v) is 5.44. The minimum absolute atomic E-state index is 0.111. The summed E-state index contributed by atoms with van der Waals surface area (Å²) in [5, 5.41) is 5.22. The van der Waals surface area contributed by atoms with Crippen LogP contribution in [0.4, 0.5) is 14.5 Å². The van der Waals surface area contributed by atoms with Crippen LogP contribution in [0, 0.1) is 11.6 Å². The second kappa shape index (κ2) is 7.60. The Morgan fingerprint density at radius 1 is 0.962 bits per heavy atom. The van der Waals surface area contributed by atoms with E-state index in [1.54, 1.807) is 30.3 Å². The number of carbonyl (C=O) groups is 2. The lowest BCUT2D eigenvalue weighted by Gasteiger charge is -2.09. The van der Waals surface area contributed by atoms with Crippen molar-refractivity contribution in [3.63, 3.8) is 0 Å². The van der Waals surface area contributed by atoms with E-state index >= 15 is 0 Å². The standard InChI is InChI=1S/C19H14F2N2O3/c20-13-6-7-15(16(21)10-13)18(24)22-11-12-3-1-4-14(9-12)23-19(25)17-5-2-8-26-17/h1-10H,11H2,(H,22,24)(H,23,25). The van der Waals surface area contributed by atoms with Gasteiger partial charge in [-0.1, -0.05) is 12.1 Å². The summed E-state index contributed by atoms with van der Waals surface area (Å²) in [7, 11) is 0. The van der Waals surface area contributed by atoms with E-state index in [0.717, 1.165) is 12.1 Å². The van der Waals surface area contributed by atoms with E-state index in [1.807, 2.05) is 0 Å².